The molecule has 6 nitrogen and oxygen atoms in total. The number of sulfone groups is 1. The van der Waals surface area contributed by atoms with Crippen LogP contribution in [0.2, 0.25) is 0 Å². The van der Waals surface area contributed by atoms with E-state index in [-0.39, 0.29) is 17.9 Å². The zero-order valence-electron chi connectivity index (χ0n) is 11.4. The first-order valence-corrected chi connectivity index (χ1v) is 8.68. The summed E-state index contributed by atoms with van der Waals surface area (Å²) >= 11 is 0. The van der Waals surface area contributed by atoms with Gasteiger partial charge in [-0.15, -0.1) is 0 Å². The molecule has 108 valence electrons. The molecule has 0 radical (unpaired) electrons. The van der Waals surface area contributed by atoms with Crippen LogP contribution in [-0.4, -0.2) is 29.8 Å². The van der Waals surface area contributed by atoms with Crippen LogP contribution in [0.25, 0.3) is 0 Å². The highest BCUT2D eigenvalue weighted by atomic mass is 32.2. The van der Waals surface area contributed by atoms with E-state index in [0.29, 0.717) is 18.2 Å². The number of hydrogen-bond donors (Lipinski definition) is 1. The lowest BCUT2D eigenvalue weighted by atomic mass is 10.2. The molecule has 0 spiro atoms. The maximum absolute atomic E-state index is 12.2. The summed E-state index contributed by atoms with van der Waals surface area (Å²) in [5, 5.41) is 0. The molecule has 19 heavy (non-hydrogen) atoms. The molecule has 0 aliphatic heterocycles. The maximum atomic E-state index is 12.2. The summed E-state index contributed by atoms with van der Waals surface area (Å²) in [7, 11) is -3.09. The molecule has 1 saturated carbocycles. The fourth-order valence-electron chi connectivity index (χ4n) is 2.34. The molecule has 1 heterocycles. The number of nitrogen functional groups attached to an aromatic ring is 1. The summed E-state index contributed by atoms with van der Waals surface area (Å²) in [5.74, 6) is 0.336. The Labute approximate surface area is 113 Å². The second-order valence-electron chi connectivity index (χ2n) is 5.25. The van der Waals surface area contributed by atoms with Crippen LogP contribution in [-0.2, 0) is 22.9 Å². The molecular formula is C12H21N3O3S. The lowest BCUT2D eigenvalue weighted by Gasteiger charge is -2.13. The molecule has 2 rings (SSSR count). The highest BCUT2D eigenvalue weighted by Crippen LogP contribution is 2.42. The molecule has 1 aliphatic rings. The van der Waals surface area contributed by atoms with Gasteiger partial charge < -0.3 is 5.73 Å². The largest absolute Gasteiger partial charge is 0.393 e. The van der Waals surface area contributed by atoms with E-state index < -0.39 is 9.84 Å². The molecule has 1 aliphatic carbocycles. The van der Waals surface area contributed by atoms with Gasteiger partial charge in [0, 0.05) is 18.7 Å². The number of hydrogen-bond acceptors (Lipinski definition) is 4. The average Bonchev–Trinajstić information content (AvgIpc) is 3.08. The van der Waals surface area contributed by atoms with Gasteiger partial charge in [0.05, 0.1) is 18.0 Å². The SMILES string of the molecule is CCCn1c(C2CC2)c(N)c(=O)n1CCS(C)(=O)=O. The molecule has 7 heteroatoms. The van der Waals surface area contributed by atoms with Crippen molar-refractivity contribution in [3.05, 3.63) is 16.0 Å². The third kappa shape index (κ3) is 3.02. The van der Waals surface area contributed by atoms with Gasteiger partial charge in [0.25, 0.3) is 5.56 Å². The number of anilines is 1. The van der Waals surface area contributed by atoms with Crippen molar-refractivity contribution in [1.29, 1.82) is 0 Å². The Morgan fingerprint density at radius 3 is 2.37 bits per heavy atom. The van der Waals surface area contributed by atoms with Gasteiger partial charge in [0.15, 0.2) is 0 Å². The van der Waals surface area contributed by atoms with Crippen LogP contribution >= 0.6 is 0 Å². The normalized spacial score (nSPS) is 15.9. The highest BCUT2D eigenvalue weighted by molar-refractivity contribution is 7.90. The lowest BCUT2D eigenvalue weighted by Crippen LogP contribution is -2.27. The van der Waals surface area contributed by atoms with E-state index in [1.165, 1.54) is 10.9 Å². The predicted octanol–water partition coefficient (Wildman–Crippen LogP) is 0.564. The molecule has 2 N–H and O–H groups in total. The lowest BCUT2D eigenvalue weighted by molar-refractivity contribution is 0.440. The molecule has 0 aromatic carbocycles. The number of rotatable bonds is 6. The van der Waals surface area contributed by atoms with Crippen molar-refractivity contribution in [2.45, 2.75) is 45.2 Å². The standard InChI is InChI=1S/C12H21N3O3S/c1-3-6-14-11(9-4-5-9)10(13)12(16)15(14)7-8-19(2,17)18/h9H,3-8,13H2,1-2H3. The zero-order chi connectivity index (χ0) is 14.2. The smallest absolute Gasteiger partial charge is 0.290 e. The van der Waals surface area contributed by atoms with Gasteiger partial charge >= 0.3 is 0 Å². The van der Waals surface area contributed by atoms with Crippen LogP contribution in [0.3, 0.4) is 0 Å². The Morgan fingerprint density at radius 1 is 1.26 bits per heavy atom. The third-order valence-electron chi connectivity index (χ3n) is 3.38. The predicted molar refractivity (Wildman–Crippen MR) is 75.1 cm³/mol. The van der Waals surface area contributed by atoms with E-state index in [1.807, 2.05) is 11.6 Å². The third-order valence-corrected chi connectivity index (χ3v) is 4.31. The first kappa shape index (κ1) is 14.2. The summed E-state index contributed by atoms with van der Waals surface area (Å²) in [6, 6.07) is 0. The van der Waals surface area contributed by atoms with Gasteiger partial charge in [-0.1, -0.05) is 6.92 Å². The Morgan fingerprint density at radius 2 is 1.89 bits per heavy atom. The van der Waals surface area contributed by atoms with Crippen LogP contribution in [0.5, 0.6) is 0 Å². The van der Waals surface area contributed by atoms with Crippen molar-refractivity contribution in [2.75, 3.05) is 17.7 Å². The van der Waals surface area contributed by atoms with Gasteiger partial charge in [-0.05, 0) is 19.3 Å². The van der Waals surface area contributed by atoms with Crippen molar-refractivity contribution in [1.82, 2.24) is 9.36 Å². The second-order valence-corrected chi connectivity index (χ2v) is 7.51. The molecule has 0 atom stereocenters. The molecule has 1 fully saturated rings. The van der Waals surface area contributed by atoms with Gasteiger partial charge in [-0.3, -0.25) is 9.48 Å². The summed E-state index contributed by atoms with van der Waals surface area (Å²) < 4.78 is 25.9. The number of nitrogens with two attached hydrogens (primary N) is 1. The van der Waals surface area contributed by atoms with E-state index in [0.717, 1.165) is 25.0 Å². The van der Waals surface area contributed by atoms with Crippen LogP contribution < -0.4 is 11.3 Å². The van der Waals surface area contributed by atoms with E-state index >= 15 is 0 Å². The zero-order valence-corrected chi connectivity index (χ0v) is 12.2. The summed E-state index contributed by atoms with van der Waals surface area (Å²) in [6.45, 7) is 2.90. The van der Waals surface area contributed by atoms with Gasteiger partial charge in [0.1, 0.15) is 15.5 Å². The fraction of sp³-hybridized carbons (Fsp3) is 0.750. The minimum Gasteiger partial charge on any atom is -0.393 e. The summed E-state index contributed by atoms with van der Waals surface area (Å²) in [6.07, 6.45) is 4.18. The number of aromatic nitrogens is 2. The first-order chi connectivity index (χ1) is 8.85. The Bertz CT molecular complexity index is 623. The van der Waals surface area contributed by atoms with E-state index in [9.17, 15) is 13.2 Å². The van der Waals surface area contributed by atoms with Gasteiger partial charge in [-0.2, -0.15) is 0 Å². The van der Waals surface area contributed by atoms with E-state index in [1.54, 1.807) is 0 Å². The monoisotopic (exact) mass is 287 g/mol. The molecule has 0 bridgehead atoms. The summed E-state index contributed by atoms with van der Waals surface area (Å²) in [4.78, 5) is 12.2. The van der Waals surface area contributed by atoms with Crippen LogP contribution in [0, 0.1) is 0 Å². The van der Waals surface area contributed by atoms with Crippen LogP contribution in [0.15, 0.2) is 4.79 Å². The van der Waals surface area contributed by atoms with Crippen molar-refractivity contribution >= 4 is 15.5 Å². The minimum absolute atomic E-state index is 0.0375. The van der Waals surface area contributed by atoms with Crippen molar-refractivity contribution < 1.29 is 8.42 Å². The quantitative estimate of drug-likeness (QED) is 0.828. The van der Waals surface area contributed by atoms with E-state index in [2.05, 4.69) is 0 Å². The number of nitrogens with zero attached hydrogens (tertiary/aromatic N) is 2. The molecule has 1 aromatic heterocycles. The van der Waals surface area contributed by atoms with Gasteiger partial charge in [-0.25, -0.2) is 13.1 Å². The van der Waals surface area contributed by atoms with Gasteiger partial charge in [0.2, 0.25) is 0 Å². The Hall–Kier alpha value is -1.24. The second kappa shape index (κ2) is 5.03. The topological polar surface area (TPSA) is 87.1 Å². The summed E-state index contributed by atoms with van der Waals surface area (Å²) in [5.41, 5.74) is 6.86. The first-order valence-electron chi connectivity index (χ1n) is 6.62. The minimum atomic E-state index is -3.09. The molecule has 0 saturated heterocycles. The highest BCUT2D eigenvalue weighted by Gasteiger charge is 2.32. The Kier molecular flexibility index (Phi) is 3.75. The molecule has 0 unspecified atom stereocenters. The van der Waals surface area contributed by atoms with Crippen molar-refractivity contribution in [3.8, 4) is 0 Å². The van der Waals surface area contributed by atoms with Crippen molar-refractivity contribution in [3.63, 3.8) is 0 Å². The Balaban J connectivity index is 2.40. The molecular weight excluding hydrogens is 266 g/mol. The fourth-order valence-corrected chi connectivity index (χ4v) is 2.85. The van der Waals surface area contributed by atoms with Crippen molar-refractivity contribution in [2.24, 2.45) is 0 Å². The average molecular weight is 287 g/mol. The van der Waals surface area contributed by atoms with E-state index in [4.69, 9.17) is 5.73 Å². The molecule has 0 amide bonds. The maximum Gasteiger partial charge on any atom is 0.290 e. The van der Waals surface area contributed by atoms with Crippen LogP contribution in [0.1, 0.15) is 37.8 Å². The molecule has 1 aromatic rings. The van der Waals surface area contributed by atoms with Crippen LogP contribution in [0.4, 0.5) is 5.69 Å².